The fourth-order valence-corrected chi connectivity index (χ4v) is 1.12. The first-order chi connectivity index (χ1) is 7.30. The summed E-state index contributed by atoms with van der Waals surface area (Å²) in [5, 5.41) is 1.87. The minimum atomic E-state index is -4.83. The molecule has 1 fully saturated rings. The molecule has 1 rings (SSSR count). The highest BCUT2D eigenvalue weighted by Crippen LogP contribution is 2.29. The van der Waals surface area contributed by atoms with Crippen molar-refractivity contribution in [1.29, 1.82) is 0 Å². The Hall–Kier alpha value is -0.780. The van der Waals surface area contributed by atoms with Gasteiger partial charge in [-0.2, -0.15) is 13.2 Å². The summed E-state index contributed by atoms with van der Waals surface area (Å²) in [6, 6.07) is -0.645. The minimum absolute atomic E-state index is 0.410. The topological polar surface area (TPSA) is 38.3 Å². The van der Waals surface area contributed by atoms with Crippen LogP contribution in [0.15, 0.2) is 0 Å². The van der Waals surface area contributed by atoms with Crippen molar-refractivity contribution in [2.75, 3.05) is 6.61 Å². The molecule has 0 heterocycles. The van der Waals surface area contributed by atoms with Gasteiger partial charge in [-0.3, -0.25) is 4.79 Å². The summed E-state index contributed by atoms with van der Waals surface area (Å²) < 4.78 is 41.2. The first-order valence-corrected chi connectivity index (χ1v) is 5.30. The number of carbonyl (C=O) groups is 1. The Bertz CT molecular complexity index is 251. The van der Waals surface area contributed by atoms with Crippen LogP contribution in [0.4, 0.5) is 13.2 Å². The van der Waals surface area contributed by atoms with Gasteiger partial charge < -0.3 is 10.1 Å². The molecule has 2 atom stereocenters. The molecule has 1 N–H and O–H groups in total. The number of alkyl halides is 3. The average Bonchev–Trinajstić information content (AvgIpc) is 2.95. The molecule has 0 bridgehead atoms. The van der Waals surface area contributed by atoms with Gasteiger partial charge in [-0.05, 0) is 32.6 Å². The van der Waals surface area contributed by atoms with Gasteiger partial charge in [0.05, 0.1) is 12.1 Å². The Morgan fingerprint density at radius 1 is 1.44 bits per heavy atom. The summed E-state index contributed by atoms with van der Waals surface area (Å²) in [6.07, 6.45) is -3.00. The maximum atomic E-state index is 11.9. The van der Waals surface area contributed by atoms with Crippen molar-refractivity contribution in [3.63, 3.8) is 0 Å². The monoisotopic (exact) mass is 239 g/mol. The Labute approximate surface area is 92.3 Å². The first kappa shape index (κ1) is 13.3. The zero-order valence-corrected chi connectivity index (χ0v) is 9.30. The number of ether oxygens (including phenoxy) is 1. The van der Waals surface area contributed by atoms with Gasteiger partial charge in [0.1, 0.15) is 0 Å². The van der Waals surface area contributed by atoms with Crippen molar-refractivity contribution in [2.45, 2.75) is 45.0 Å². The Kier molecular flexibility index (Phi) is 4.18. The highest BCUT2D eigenvalue weighted by atomic mass is 19.4. The lowest BCUT2D eigenvalue weighted by Crippen LogP contribution is -2.46. The third-order valence-corrected chi connectivity index (χ3v) is 2.61. The Morgan fingerprint density at radius 3 is 2.44 bits per heavy atom. The molecule has 1 amide bonds. The molecule has 1 saturated carbocycles. The molecule has 94 valence electrons. The van der Waals surface area contributed by atoms with Crippen LogP contribution in [-0.2, 0) is 9.53 Å². The van der Waals surface area contributed by atoms with Crippen LogP contribution in [0.3, 0.4) is 0 Å². The van der Waals surface area contributed by atoms with E-state index in [1.165, 1.54) is 6.92 Å². The molecule has 1 aliphatic carbocycles. The molecule has 16 heavy (non-hydrogen) atoms. The number of rotatable bonds is 5. The summed E-state index contributed by atoms with van der Waals surface area (Å²) in [5.41, 5.74) is 0. The van der Waals surface area contributed by atoms with Gasteiger partial charge in [0.25, 0.3) is 0 Å². The molecule has 0 spiro atoms. The number of carbonyl (C=O) groups excluding carboxylic acids is 1. The molecule has 0 aliphatic heterocycles. The molecule has 3 nitrogen and oxygen atoms in total. The minimum Gasteiger partial charge on any atom is -0.376 e. The SMILES string of the molecule is CC(NC(=O)C(F)(F)F)C(C)OCC1CC1. The van der Waals surface area contributed by atoms with E-state index in [2.05, 4.69) is 0 Å². The van der Waals surface area contributed by atoms with Crippen molar-refractivity contribution >= 4 is 5.91 Å². The Morgan fingerprint density at radius 2 is 2.00 bits per heavy atom. The quantitative estimate of drug-likeness (QED) is 0.795. The highest BCUT2D eigenvalue weighted by molar-refractivity contribution is 5.81. The van der Waals surface area contributed by atoms with Gasteiger partial charge >= 0.3 is 12.1 Å². The van der Waals surface area contributed by atoms with Gasteiger partial charge in [-0.1, -0.05) is 0 Å². The second kappa shape index (κ2) is 5.03. The zero-order valence-electron chi connectivity index (χ0n) is 9.30. The van der Waals surface area contributed by atoms with Crippen LogP contribution in [0.2, 0.25) is 0 Å². The van der Waals surface area contributed by atoms with Gasteiger partial charge in [-0.15, -0.1) is 0 Å². The van der Waals surface area contributed by atoms with Crippen molar-refractivity contribution in [2.24, 2.45) is 5.92 Å². The fraction of sp³-hybridized carbons (Fsp3) is 0.900. The van der Waals surface area contributed by atoms with E-state index in [-0.39, 0.29) is 0 Å². The molecule has 0 aromatic rings. The number of halogens is 3. The average molecular weight is 239 g/mol. The normalized spacial score (nSPS) is 20.3. The van der Waals surface area contributed by atoms with E-state index >= 15 is 0 Å². The predicted molar refractivity (Wildman–Crippen MR) is 51.8 cm³/mol. The van der Waals surface area contributed by atoms with Crippen LogP contribution in [0.1, 0.15) is 26.7 Å². The zero-order chi connectivity index (χ0) is 12.3. The number of hydrogen-bond donors (Lipinski definition) is 1. The van der Waals surface area contributed by atoms with Crippen molar-refractivity contribution < 1.29 is 22.7 Å². The molecule has 0 radical (unpaired) electrons. The maximum absolute atomic E-state index is 11.9. The van der Waals surface area contributed by atoms with Crippen LogP contribution in [0, 0.1) is 5.92 Å². The molecular weight excluding hydrogens is 223 g/mol. The maximum Gasteiger partial charge on any atom is 0.471 e. The van der Waals surface area contributed by atoms with Crippen molar-refractivity contribution in [3.05, 3.63) is 0 Å². The Balaban J connectivity index is 2.26. The predicted octanol–water partition coefficient (Wildman–Crippen LogP) is 1.87. The lowest BCUT2D eigenvalue weighted by Gasteiger charge is -2.22. The summed E-state index contributed by atoms with van der Waals surface area (Å²) >= 11 is 0. The summed E-state index contributed by atoms with van der Waals surface area (Å²) in [7, 11) is 0. The molecular formula is C10H16F3NO2. The number of hydrogen-bond acceptors (Lipinski definition) is 2. The van der Waals surface area contributed by atoms with E-state index in [0.29, 0.717) is 12.5 Å². The van der Waals surface area contributed by atoms with E-state index in [0.717, 1.165) is 12.8 Å². The number of nitrogens with one attached hydrogen (secondary N) is 1. The van der Waals surface area contributed by atoms with Crippen molar-refractivity contribution in [3.8, 4) is 0 Å². The summed E-state index contributed by atoms with van der Waals surface area (Å²) in [4.78, 5) is 10.6. The van der Waals surface area contributed by atoms with E-state index in [4.69, 9.17) is 4.74 Å². The summed E-state index contributed by atoms with van der Waals surface area (Å²) in [5.74, 6) is -1.37. The van der Waals surface area contributed by atoms with E-state index < -0.39 is 24.2 Å². The number of amides is 1. The second-order valence-electron chi connectivity index (χ2n) is 4.24. The molecule has 0 aromatic carbocycles. The lowest BCUT2D eigenvalue weighted by atomic mass is 10.2. The second-order valence-corrected chi connectivity index (χ2v) is 4.24. The van der Waals surface area contributed by atoms with Gasteiger partial charge in [-0.25, -0.2) is 0 Å². The van der Waals surface area contributed by atoms with Crippen LogP contribution >= 0.6 is 0 Å². The molecule has 2 unspecified atom stereocenters. The van der Waals surface area contributed by atoms with E-state index in [1.807, 2.05) is 5.32 Å². The van der Waals surface area contributed by atoms with Gasteiger partial charge in [0.2, 0.25) is 0 Å². The van der Waals surface area contributed by atoms with Gasteiger partial charge in [0, 0.05) is 6.61 Å². The van der Waals surface area contributed by atoms with E-state index in [1.54, 1.807) is 6.92 Å². The lowest BCUT2D eigenvalue weighted by molar-refractivity contribution is -0.175. The third-order valence-electron chi connectivity index (χ3n) is 2.61. The van der Waals surface area contributed by atoms with Crippen LogP contribution < -0.4 is 5.32 Å². The third kappa shape index (κ3) is 4.38. The molecule has 1 aliphatic rings. The smallest absolute Gasteiger partial charge is 0.376 e. The van der Waals surface area contributed by atoms with Crippen molar-refractivity contribution in [1.82, 2.24) is 5.32 Å². The molecule has 6 heteroatoms. The van der Waals surface area contributed by atoms with E-state index in [9.17, 15) is 18.0 Å². The van der Waals surface area contributed by atoms with Crippen LogP contribution in [0.25, 0.3) is 0 Å². The molecule has 0 saturated heterocycles. The first-order valence-electron chi connectivity index (χ1n) is 5.30. The highest BCUT2D eigenvalue weighted by Gasteiger charge is 2.39. The molecule has 0 aromatic heterocycles. The summed E-state index contributed by atoms with van der Waals surface area (Å²) in [6.45, 7) is 3.72. The van der Waals surface area contributed by atoms with Crippen LogP contribution in [-0.4, -0.2) is 30.8 Å². The van der Waals surface area contributed by atoms with Crippen LogP contribution in [0.5, 0.6) is 0 Å². The largest absolute Gasteiger partial charge is 0.471 e. The van der Waals surface area contributed by atoms with Gasteiger partial charge in [0.15, 0.2) is 0 Å². The fourth-order valence-electron chi connectivity index (χ4n) is 1.12. The standard InChI is InChI=1S/C10H16F3NO2/c1-6(14-9(15)10(11,12)13)7(2)16-5-8-3-4-8/h6-8H,3-5H2,1-2H3,(H,14,15).